The number of aryl methyl sites for hydroxylation is 2. The molecule has 2 unspecified atom stereocenters. The predicted molar refractivity (Wildman–Crippen MR) is 123 cm³/mol. The molecule has 0 amide bonds. The Bertz CT molecular complexity index is 1020. The molecule has 0 spiro atoms. The molecule has 9 heteroatoms. The topological polar surface area (TPSA) is 102 Å². The molecule has 2 heterocycles. The predicted octanol–water partition coefficient (Wildman–Crippen LogP) is 4.58. The molecule has 0 fully saturated rings. The van der Waals surface area contributed by atoms with Crippen molar-refractivity contribution in [3.63, 3.8) is 0 Å². The van der Waals surface area contributed by atoms with E-state index < -0.39 is 5.91 Å². The number of benzene rings is 1. The van der Waals surface area contributed by atoms with Crippen molar-refractivity contribution in [3.8, 4) is 0 Å². The lowest BCUT2D eigenvalue weighted by Gasteiger charge is -2.15. The molecule has 0 aliphatic carbocycles. The van der Waals surface area contributed by atoms with Gasteiger partial charge in [0, 0.05) is 36.2 Å². The summed E-state index contributed by atoms with van der Waals surface area (Å²) in [6, 6.07) is 5.50. The summed E-state index contributed by atoms with van der Waals surface area (Å²) < 4.78 is 13.2. The number of aromatic amines is 1. The molecule has 29 heavy (non-hydrogen) atoms. The summed E-state index contributed by atoms with van der Waals surface area (Å²) in [6.45, 7) is 7.08. The number of alkyl halides is 1. The van der Waals surface area contributed by atoms with Crippen LogP contribution in [0.2, 0.25) is 0 Å². The van der Waals surface area contributed by atoms with Crippen molar-refractivity contribution in [2.75, 3.05) is 29.0 Å². The fourth-order valence-electron chi connectivity index (χ4n) is 3.31. The van der Waals surface area contributed by atoms with Crippen molar-refractivity contribution in [2.45, 2.75) is 33.1 Å². The Hall–Kier alpha value is -2.73. The number of anilines is 4. The zero-order chi connectivity index (χ0) is 21.0. The van der Waals surface area contributed by atoms with Gasteiger partial charge in [0.2, 0.25) is 5.95 Å². The van der Waals surface area contributed by atoms with Crippen LogP contribution in [0.3, 0.4) is 0 Å². The van der Waals surface area contributed by atoms with E-state index in [9.17, 15) is 4.39 Å². The Kier molecular flexibility index (Phi) is 6.64. The van der Waals surface area contributed by atoms with Gasteiger partial charge in [-0.1, -0.05) is 22.2 Å². The Labute approximate surface area is 172 Å². The number of nitrogens with one attached hydrogen (secondary N) is 5. The third kappa shape index (κ3) is 4.48. The average molecular weight is 415 g/mol. The second kappa shape index (κ2) is 9.18. The first-order chi connectivity index (χ1) is 14.0. The Morgan fingerprint density at radius 3 is 2.66 bits per heavy atom. The number of aromatic nitrogens is 3. The van der Waals surface area contributed by atoms with Crippen LogP contribution < -0.4 is 16.0 Å². The third-order valence-corrected chi connectivity index (χ3v) is 4.92. The summed E-state index contributed by atoms with van der Waals surface area (Å²) in [5.74, 6) is 0.122. The zero-order valence-electron chi connectivity index (χ0n) is 16.9. The molecule has 154 valence electrons. The van der Waals surface area contributed by atoms with Gasteiger partial charge in [-0.3, -0.25) is 0 Å². The molecule has 3 aromatic rings. The first kappa shape index (κ1) is 21.0. The van der Waals surface area contributed by atoms with Crippen LogP contribution in [0.4, 0.5) is 27.5 Å². The lowest BCUT2D eigenvalue weighted by atomic mass is 10.1. The van der Waals surface area contributed by atoms with E-state index in [0.29, 0.717) is 22.9 Å². The second-order valence-electron chi connectivity index (χ2n) is 6.66. The van der Waals surface area contributed by atoms with Gasteiger partial charge in [0.15, 0.2) is 0 Å². The van der Waals surface area contributed by atoms with E-state index in [2.05, 4.69) is 54.0 Å². The molecule has 3 rings (SSSR count). The minimum Gasteiger partial charge on any atom is -0.381 e. The maximum atomic E-state index is 13.2. The molecule has 5 N–H and O–H groups in total. The van der Waals surface area contributed by atoms with Crippen LogP contribution in [0.15, 0.2) is 18.2 Å². The molecule has 0 saturated heterocycles. The van der Waals surface area contributed by atoms with Gasteiger partial charge < -0.3 is 26.3 Å². The molecule has 1 aromatic carbocycles. The van der Waals surface area contributed by atoms with E-state index in [1.54, 1.807) is 0 Å². The first-order valence-electron chi connectivity index (χ1n) is 9.65. The van der Waals surface area contributed by atoms with Gasteiger partial charge in [0.05, 0.1) is 11.1 Å². The van der Waals surface area contributed by atoms with E-state index in [0.717, 1.165) is 41.1 Å². The molecular weight excluding hydrogens is 388 g/mol. The first-order valence-corrected chi connectivity index (χ1v) is 10.3. The minimum absolute atomic E-state index is 0.142. The molecule has 0 bridgehead atoms. The number of nitrogens with zero attached hydrogens (tertiary/aromatic N) is 2. The smallest absolute Gasteiger partial charge is 0.231 e. The van der Waals surface area contributed by atoms with Crippen molar-refractivity contribution < 1.29 is 4.39 Å². The standard InChI is InChI=1S/C20H27FN7P/c1-4-13-11(3)17-18(23-5-2)27-20(28-19(17)25-13)26-15-8-6-7-14(12(15)9-22)24-10-16(21)29/h6-9,16,22,24H,4-5,10,29H2,1-3H3,(H3,23,25,26,27,28). The number of halogens is 1. The summed E-state index contributed by atoms with van der Waals surface area (Å²) in [5.41, 5.74) is 5.01. The van der Waals surface area contributed by atoms with Crippen molar-refractivity contribution in [1.82, 2.24) is 15.0 Å². The summed E-state index contributed by atoms with van der Waals surface area (Å²) >= 11 is 0. The van der Waals surface area contributed by atoms with E-state index >= 15 is 0 Å². The van der Waals surface area contributed by atoms with Crippen LogP contribution in [-0.2, 0) is 6.42 Å². The molecular formula is C20H27FN7P. The average Bonchev–Trinajstić information content (AvgIpc) is 3.02. The SMILES string of the molecule is CCNc1nc(Nc2cccc(NCC(F)P)c2C=N)nc2[nH]c(CC)c(C)c12. The van der Waals surface area contributed by atoms with E-state index in [4.69, 9.17) is 5.41 Å². The highest BCUT2D eigenvalue weighted by molar-refractivity contribution is 7.17. The van der Waals surface area contributed by atoms with E-state index in [1.165, 1.54) is 6.21 Å². The van der Waals surface area contributed by atoms with Gasteiger partial charge in [-0.2, -0.15) is 9.97 Å². The molecule has 2 aromatic heterocycles. The van der Waals surface area contributed by atoms with Crippen LogP contribution in [0.1, 0.15) is 30.7 Å². The second-order valence-corrected chi connectivity index (χ2v) is 7.39. The van der Waals surface area contributed by atoms with Crippen molar-refractivity contribution >= 4 is 49.6 Å². The highest BCUT2D eigenvalue weighted by atomic mass is 31.0. The number of H-pyrrole nitrogens is 1. The Morgan fingerprint density at radius 2 is 2.00 bits per heavy atom. The summed E-state index contributed by atoms with van der Waals surface area (Å²) in [5, 5.41) is 18.4. The number of rotatable bonds is 9. The summed E-state index contributed by atoms with van der Waals surface area (Å²) in [7, 11) is 2.11. The highest BCUT2D eigenvalue weighted by Gasteiger charge is 2.16. The maximum absolute atomic E-state index is 13.2. The van der Waals surface area contributed by atoms with Gasteiger partial charge in [0.25, 0.3) is 0 Å². The summed E-state index contributed by atoms with van der Waals surface area (Å²) in [4.78, 5) is 12.7. The van der Waals surface area contributed by atoms with E-state index in [-0.39, 0.29) is 6.54 Å². The van der Waals surface area contributed by atoms with Crippen LogP contribution in [0.5, 0.6) is 0 Å². The van der Waals surface area contributed by atoms with Crippen LogP contribution in [0, 0.1) is 12.3 Å². The molecule has 0 aliphatic heterocycles. The lowest BCUT2D eigenvalue weighted by molar-refractivity contribution is 0.468. The lowest BCUT2D eigenvalue weighted by Crippen LogP contribution is -2.11. The van der Waals surface area contributed by atoms with Gasteiger partial charge >= 0.3 is 0 Å². The van der Waals surface area contributed by atoms with Gasteiger partial charge in [0.1, 0.15) is 17.4 Å². The quantitative estimate of drug-likeness (QED) is 0.260. The Balaban J connectivity index is 2.02. The van der Waals surface area contributed by atoms with Gasteiger partial charge in [-0.05, 0) is 38.0 Å². The van der Waals surface area contributed by atoms with Gasteiger partial charge in [-0.15, -0.1) is 0 Å². The highest BCUT2D eigenvalue weighted by Crippen LogP contribution is 2.30. The molecule has 0 saturated carbocycles. The fourth-order valence-corrected chi connectivity index (χ4v) is 3.43. The molecule has 2 atom stereocenters. The third-order valence-electron chi connectivity index (χ3n) is 4.69. The van der Waals surface area contributed by atoms with Crippen molar-refractivity contribution in [1.29, 1.82) is 5.41 Å². The number of fused-ring (bicyclic) bond motifs is 1. The number of hydrogen-bond acceptors (Lipinski definition) is 6. The normalized spacial score (nSPS) is 12.0. The Morgan fingerprint density at radius 1 is 1.24 bits per heavy atom. The molecule has 7 nitrogen and oxygen atoms in total. The zero-order valence-corrected chi connectivity index (χ0v) is 18.0. The molecule has 0 radical (unpaired) electrons. The van der Waals surface area contributed by atoms with E-state index in [1.807, 2.05) is 25.1 Å². The summed E-state index contributed by atoms with van der Waals surface area (Å²) in [6.07, 6.45) is 2.12. The largest absolute Gasteiger partial charge is 0.381 e. The number of hydrogen-bond donors (Lipinski definition) is 5. The van der Waals surface area contributed by atoms with Crippen LogP contribution in [0.25, 0.3) is 11.0 Å². The minimum atomic E-state index is -1.07. The van der Waals surface area contributed by atoms with Crippen LogP contribution >= 0.6 is 9.24 Å². The monoisotopic (exact) mass is 415 g/mol. The van der Waals surface area contributed by atoms with Crippen molar-refractivity contribution in [3.05, 3.63) is 35.0 Å². The van der Waals surface area contributed by atoms with Crippen LogP contribution in [-0.4, -0.2) is 40.2 Å². The fraction of sp³-hybridized carbons (Fsp3) is 0.350. The molecule has 0 aliphatic rings. The van der Waals surface area contributed by atoms with Crippen molar-refractivity contribution in [2.24, 2.45) is 0 Å². The van der Waals surface area contributed by atoms with Gasteiger partial charge in [-0.25, -0.2) is 4.39 Å². The maximum Gasteiger partial charge on any atom is 0.231 e.